The summed E-state index contributed by atoms with van der Waals surface area (Å²) in [6, 6.07) is 16.0. The highest BCUT2D eigenvalue weighted by Crippen LogP contribution is 2.39. The molecule has 1 saturated heterocycles. The second-order valence-electron chi connectivity index (χ2n) is 12.1. The number of hydrogen-bond donors (Lipinski definition) is 1. The van der Waals surface area contributed by atoms with Crippen molar-refractivity contribution in [3.63, 3.8) is 0 Å². The third-order valence-electron chi connectivity index (χ3n) is 8.83. The van der Waals surface area contributed by atoms with E-state index in [4.69, 9.17) is 0 Å². The van der Waals surface area contributed by atoms with Crippen LogP contribution >= 0.6 is 0 Å². The number of halogens is 8. The van der Waals surface area contributed by atoms with Gasteiger partial charge in [0.1, 0.15) is 0 Å². The number of rotatable bonds is 12. The maximum atomic E-state index is 14.3. The van der Waals surface area contributed by atoms with Gasteiger partial charge >= 0.3 is 24.2 Å². The summed E-state index contributed by atoms with van der Waals surface area (Å²) in [5.41, 5.74) is 1.65. The van der Waals surface area contributed by atoms with E-state index in [1.54, 1.807) is 56.3 Å². The van der Waals surface area contributed by atoms with Gasteiger partial charge in [-0.2, -0.15) is 35.1 Å². The number of para-hydroxylation sites is 1. The number of carbonyl (C=O) groups is 2. The molecule has 0 bridgehead atoms. The first-order valence-corrected chi connectivity index (χ1v) is 16.3. The quantitative estimate of drug-likeness (QED) is 0.152. The van der Waals surface area contributed by atoms with Crippen molar-refractivity contribution in [1.82, 2.24) is 10.2 Å². The van der Waals surface area contributed by atoms with Crippen LogP contribution in [-0.4, -0.2) is 61.0 Å². The number of piperidine rings is 1. The predicted octanol–water partition coefficient (Wildman–Crippen LogP) is 8.70. The number of alkyl halides is 8. The van der Waals surface area contributed by atoms with E-state index in [2.05, 4.69) is 10.2 Å². The number of benzene rings is 3. The lowest BCUT2D eigenvalue weighted by atomic mass is 9.97. The number of likely N-dealkylation sites (tertiary alicyclic amines) is 1. The maximum Gasteiger partial charge on any atom is 0.463 e. The number of anilines is 1. The van der Waals surface area contributed by atoms with Crippen LogP contribution in [0.3, 0.4) is 0 Å². The van der Waals surface area contributed by atoms with Crippen LogP contribution in [0.15, 0.2) is 66.7 Å². The van der Waals surface area contributed by atoms with Crippen molar-refractivity contribution in [2.45, 2.75) is 76.7 Å². The Hall–Kier alpha value is -4.00. The summed E-state index contributed by atoms with van der Waals surface area (Å²) in [7, 11) is 0. The predicted molar refractivity (Wildman–Crippen MR) is 172 cm³/mol. The van der Waals surface area contributed by atoms with Gasteiger partial charge in [0.15, 0.2) is 0 Å². The molecule has 1 fully saturated rings. The van der Waals surface area contributed by atoms with Crippen molar-refractivity contribution in [2.75, 3.05) is 31.1 Å². The van der Waals surface area contributed by atoms with Crippen molar-refractivity contribution in [2.24, 2.45) is 0 Å². The number of nitrogens with one attached hydrogen (secondary N) is 1. The molecule has 1 heterocycles. The molecule has 3 aromatic carbocycles. The molecule has 49 heavy (non-hydrogen) atoms. The lowest BCUT2D eigenvalue weighted by molar-refractivity contribution is -0.268. The fourth-order valence-corrected chi connectivity index (χ4v) is 6.11. The summed E-state index contributed by atoms with van der Waals surface area (Å²) >= 11 is 0. The Balaban J connectivity index is 1.34. The van der Waals surface area contributed by atoms with E-state index in [-0.39, 0.29) is 30.6 Å². The first-order chi connectivity index (χ1) is 23.1. The summed E-state index contributed by atoms with van der Waals surface area (Å²) in [5.74, 6) is -8.18. The zero-order valence-electron chi connectivity index (χ0n) is 27.2. The lowest BCUT2D eigenvalue weighted by Gasteiger charge is -2.33. The molecule has 0 saturated carbocycles. The molecule has 1 aliphatic rings. The number of carbonyl (C=O) groups excluding carboxylic acids is 2. The first kappa shape index (κ1) is 37.8. The average Bonchev–Trinajstić information content (AvgIpc) is 3.07. The topological polar surface area (TPSA) is 52.6 Å². The zero-order valence-corrected chi connectivity index (χ0v) is 27.2. The molecule has 1 N–H and O–H groups in total. The fraction of sp³-hybridized carbons (Fsp3) is 0.444. The molecule has 266 valence electrons. The largest absolute Gasteiger partial charge is 0.463 e. The van der Waals surface area contributed by atoms with Crippen molar-refractivity contribution in [3.05, 3.63) is 89.0 Å². The van der Waals surface area contributed by atoms with Gasteiger partial charge in [-0.1, -0.05) is 62.4 Å². The summed E-state index contributed by atoms with van der Waals surface area (Å²) in [4.78, 5) is 28.7. The van der Waals surface area contributed by atoms with Crippen LogP contribution in [0.5, 0.6) is 0 Å². The van der Waals surface area contributed by atoms with E-state index in [1.807, 2.05) is 0 Å². The highest BCUT2D eigenvalue weighted by atomic mass is 19.4. The Bertz CT molecular complexity index is 1560. The Morgan fingerprint density at radius 3 is 1.94 bits per heavy atom. The average molecular weight is 698 g/mol. The van der Waals surface area contributed by atoms with E-state index in [9.17, 15) is 44.7 Å². The molecule has 0 radical (unpaired) electrons. The summed E-state index contributed by atoms with van der Waals surface area (Å²) < 4.78 is 107. The highest BCUT2D eigenvalue weighted by Gasteiger charge is 2.65. The van der Waals surface area contributed by atoms with Crippen molar-refractivity contribution in [1.29, 1.82) is 0 Å². The van der Waals surface area contributed by atoms with Gasteiger partial charge in [-0.15, -0.1) is 0 Å². The molecule has 1 aliphatic heterocycles. The van der Waals surface area contributed by atoms with Gasteiger partial charge in [0.2, 0.25) is 0 Å². The molecule has 0 unspecified atom stereocenters. The van der Waals surface area contributed by atoms with Crippen LogP contribution in [0.4, 0.5) is 40.8 Å². The van der Waals surface area contributed by atoms with Crippen LogP contribution in [-0.2, 0) is 23.8 Å². The molecule has 3 aromatic rings. The lowest BCUT2D eigenvalue weighted by Crippen LogP contribution is -2.53. The number of nitrogens with zero attached hydrogens (tertiary/aromatic N) is 2. The number of aryl methyl sites for hydroxylation is 2. The minimum atomic E-state index is -6.03. The zero-order chi connectivity index (χ0) is 36.0. The minimum Gasteiger partial charge on any atom is -0.349 e. The van der Waals surface area contributed by atoms with Gasteiger partial charge in [0, 0.05) is 31.2 Å². The van der Waals surface area contributed by atoms with Crippen molar-refractivity contribution >= 4 is 17.5 Å². The number of unbranched alkanes of at least 4 members (excludes halogenated alkanes) is 1. The third-order valence-corrected chi connectivity index (χ3v) is 8.83. The van der Waals surface area contributed by atoms with E-state index in [1.165, 1.54) is 12.1 Å². The van der Waals surface area contributed by atoms with Gasteiger partial charge in [0.05, 0.1) is 11.3 Å². The number of amides is 2. The summed E-state index contributed by atoms with van der Waals surface area (Å²) in [5, 5.41) is 3.01. The monoisotopic (exact) mass is 697 g/mol. The van der Waals surface area contributed by atoms with Gasteiger partial charge < -0.3 is 15.1 Å². The fourth-order valence-electron chi connectivity index (χ4n) is 6.11. The Labute approximate surface area is 280 Å². The molecule has 2 amide bonds. The van der Waals surface area contributed by atoms with Crippen LogP contribution in [0.2, 0.25) is 0 Å². The van der Waals surface area contributed by atoms with Crippen molar-refractivity contribution < 1.29 is 44.7 Å². The molecule has 0 aromatic heterocycles. The molecule has 0 spiro atoms. The second kappa shape index (κ2) is 15.7. The Morgan fingerprint density at radius 1 is 0.796 bits per heavy atom. The molecular weight excluding hydrogens is 658 g/mol. The van der Waals surface area contributed by atoms with Crippen LogP contribution < -0.4 is 10.2 Å². The Morgan fingerprint density at radius 2 is 1.39 bits per heavy atom. The van der Waals surface area contributed by atoms with Gasteiger partial charge in [-0.05, 0) is 85.5 Å². The van der Waals surface area contributed by atoms with Crippen LogP contribution in [0.25, 0.3) is 11.1 Å². The molecule has 5 nitrogen and oxygen atoms in total. The van der Waals surface area contributed by atoms with E-state index < -0.39 is 29.7 Å². The third kappa shape index (κ3) is 8.97. The second-order valence-corrected chi connectivity index (χ2v) is 12.1. The minimum absolute atomic E-state index is 0.109. The number of hydrogen-bond acceptors (Lipinski definition) is 3. The molecule has 0 atom stereocenters. The van der Waals surface area contributed by atoms with Crippen molar-refractivity contribution in [3.8, 4) is 11.1 Å². The normalized spacial score (nSPS) is 14.9. The van der Waals surface area contributed by atoms with E-state index >= 15 is 0 Å². The SMILES string of the molecule is CCc1cccc(CC)c1N(CCCCN1CCC(NC(=O)c2ccccc2-c2ccc(C(F)(F)F)cc2)CC1)C(=O)C(F)(F)C(F)(F)F. The maximum absolute atomic E-state index is 14.3. The Kier molecular flexibility index (Phi) is 12.1. The summed E-state index contributed by atoms with van der Waals surface area (Å²) in [6.45, 7) is 4.89. The molecular formula is C36H39F8N3O2. The van der Waals surface area contributed by atoms with Gasteiger partial charge in [-0.25, -0.2) is 0 Å². The summed E-state index contributed by atoms with van der Waals surface area (Å²) in [6.07, 6.45) is -7.99. The van der Waals surface area contributed by atoms with E-state index in [0.717, 1.165) is 12.1 Å². The molecule has 4 rings (SSSR count). The van der Waals surface area contributed by atoms with Crippen LogP contribution in [0.1, 0.15) is 66.6 Å². The van der Waals surface area contributed by atoms with E-state index in [0.29, 0.717) is 84.5 Å². The first-order valence-electron chi connectivity index (χ1n) is 16.3. The smallest absolute Gasteiger partial charge is 0.349 e. The highest BCUT2D eigenvalue weighted by molar-refractivity contribution is 6.01. The molecule has 13 heteroatoms. The standard InChI is InChI=1S/C36H39F8N3O2/c1-3-24-10-9-11-25(4-2)31(24)47(33(49)34(37,38)36(42,43)44)21-8-7-20-46-22-18-28(19-23-46)45-32(48)30-13-6-5-12-29(30)26-14-16-27(17-15-26)35(39,40)41/h5-6,9-17,28H,3-4,7-8,18-23H2,1-2H3,(H,45,48). The van der Waals surface area contributed by atoms with Gasteiger partial charge in [-0.3, -0.25) is 9.59 Å². The van der Waals surface area contributed by atoms with Gasteiger partial charge in [0.25, 0.3) is 5.91 Å². The van der Waals surface area contributed by atoms with Crippen LogP contribution in [0, 0.1) is 0 Å². The molecule has 0 aliphatic carbocycles.